The topological polar surface area (TPSA) is 131 Å². The summed E-state index contributed by atoms with van der Waals surface area (Å²) >= 11 is 0. The summed E-state index contributed by atoms with van der Waals surface area (Å²) in [7, 11) is 0. The number of allylic oxidation sites excluding steroid dienone is 1. The zero-order valence-corrected chi connectivity index (χ0v) is 20.2. The summed E-state index contributed by atoms with van der Waals surface area (Å²) in [5.41, 5.74) is 11.9. The van der Waals surface area contributed by atoms with Crippen molar-refractivity contribution in [2.45, 2.75) is 32.5 Å². The van der Waals surface area contributed by atoms with Crippen LogP contribution in [0.15, 0.2) is 59.7 Å². The Bertz CT molecular complexity index is 1340. The predicted octanol–water partition coefficient (Wildman–Crippen LogP) is 5.56. The zero-order valence-electron chi connectivity index (χ0n) is 20.2. The van der Waals surface area contributed by atoms with E-state index in [2.05, 4.69) is 25.6 Å². The monoisotopic (exact) mass is 515 g/mol. The molecule has 2 aromatic carbocycles. The molecule has 6 N–H and O–H groups in total. The second-order valence-electron chi connectivity index (χ2n) is 8.91. The van der Waals surface area contributed by atoms with Crippen LogP contribution in [-0.4, -0.2) is 27.8 Å². The first kappa shape index (κ1) is 27.1. The van der Waals surface area contributed by atoms with Crippen LogP contribution in [0.1, 0.15) is 37.6 Å². The van der Waals surface area contributed by atoms with Gasteiger partial charge in [0.1, 0.15) is 5.82 Å². The maximum atomic E-state index is 14.6. The summed E-state index contributed by atoms with van der Waals surface area (Å²) in [6.07, 6.45) is -1.55. The standard InChI is InChI=1S/C25H25F4N7O/c1-24(2,3)33-13-17(21(30)19-10-11-32-22(31)35-19)14-4-9-18(26)20(12-14)36-23(37)34-16-7-5-15(6-8-16)25(27,28)29/h4-13H,30H2,1-3H3,(H2,31,32,35)(H2,34,36,37). The van der Waals surface area contributed by atoms with E-state index in [1.807, 2.05) is 20.8 Å². The Morgan fingerprint density at radius 3 is 2.30 bits per heavy atom. The molecule has 0 radical (unpaired) electrons. The summed E-state index contributed by atoms with van der Waals surface area (Å²) in [4.78, 5) is 24.9. The molecule has 0 unspecified atom stereocenters. The highest BCUT2D eigenvalue weighted by Gasteiger charge is 2.30. The van der Waals surface area contributed by atoms with Crippen LogP contribution in [0.3, 0.4) is 0 Å². The normalized spacial score (nSPS) is 12.8. The van der Waals surface area contributed by atoms with Crippen molar-refractivity contribution >= 4 is 40.8 Å². The maximum Gasteiger partial charge on any atom is 0.416 e. The minimum absolute atomic E-state index is 0.00830. The van der Waals surface area contributed by atoms with Gasteiger partial charge in [-0.25, -0.2) is 19.2 Å². The Morgan fingerprint density at radius 1 is 1.03 bits per heavy atom. The number of halogens is 4. The summed E-state index contributed by atoms with van der Waals surface area (Å²) in [6.45, 7) is 5.63. The van der Waals surface area contributed by atoms with Crippen molar-refractivity contribution in [3.05, 3.63) is 77.4 Å². The number of anilines is 3. The maximum absolute atomic E-state index is 14.6. The van der Waals surface area contributed by atoms with Crippen LogP contribution >= 0.6 is 0 Å². The molecule has 0 bridgehead atoms. The molecule has 0 saturated heterocycles. The van der Waals surface area contributed by atoms with E-state index in [0.29, 0.717) is 16.8 Å². The Hall–Kier alpha value is -4.48. The van der Waals surface area contributed by atoms with E-state index in [1.54, 1.807) is 6.07 Å². The molecule has 0 fully saturated rings. The third-order valence-corrected chi connectivity index (χ3v) is 4.82. The van der Waals surface area contributed by atoms with Crippen molar-refractivity contribution in [1.29, 1.82) is 0 Å². The van der Waals surface area contributed by atoms with E-state index in [1.165, 1.54) is 24.5 Å². The Balaban J connectivity index is 1.92. The fourth-order valence-electron chi connectivity index (χ4n) is 3.04. The number of urea groups is 1. The number of hydrogen-bond acceptors (Lipinski definition) is 6. The molecular formula is C25H25F4N7O. The second-order valence-corrected chi connectivity index (χ2v) is 8.91. The molecule has 12 heteroatoms. The van der Waals surface area contributed by atoms with Gasteiger partial charge in [-0.05, 0) is 68.8 Å². The molecule has 1 heterocycles. The number of carbonyl (C=O) groups is 1. The van der Waals surface area contributed by atoms with Crippen LogP contribution in [0.25, 0.3) is 11.3 Å². The number of benzene rings is 2. The first-order valence-corrected chi connectivity index (χ1v) is 10.9. The van der Waals surface area contributed by atoms with Gasteiger partial charge in [0, 0.05) is 23.7 Å². The van der Waals surface area contributed by atoms with Crippen molar-refractivity contribution in [2.24, 2.45) is 10.7 Å². The molecule has 0 spiro atoms. The summed E-state index contributed by atoms with van der Waals surface area (Å²) in [5, 5.41) is 4.73. The van der Waals surface area contributed by atoms with E-state index < -0.39 is 29.1 Å². The largest absolute Gasteiger partial charge is 0.416 e. The van der Waals surface area contributed by atoms with E-state index in [4.69, 9.17) is 11.5 Å². The van der Waals surface area contributed by atoms with Gasteiger partial charge in [0.15, 0.2) is 0 Å². The number of carbonyl (C=O) groups excluding carboxylic acids is 1. The Kier molecular flexibility index (Phi) is 7.80. The molecule has 3 rings (SSSR count). The molecule has 37 heavy (non-hydrogen) atoms. The number of nitrogens with two attached hydrogens (primary N) is 2. The zero-order chi connectivity index (χ0) is 27.4. The van der Waals surface area contributed by atoms with Gasteiger partial charge in [-0.15, -0.1) is 0 Å². The summed E-state index contributed by atoms with van der Waals surface area (Å²) < 4.78 is 52.8. The van der Waals surface area contributed by atoms with Crippen LogP contribution in [0.2, 0.25) is 0 Å². The minimum atomic E-state index is -4.51. The fraction of sp³-hybridized carbons (Fsp3) is 0.200. The number of aliphatic imine (C=N–C) groups is 1. The number of nitrogen functional groups attached to an aromatic ring is 1. The fourth-order valence-corrected chi connectivity index (χ4v) is 3.04. The summed E-state index contributed by atoms with van der Waals surface area (Å²) in [5.74, 6) is -0.739. The van der Waals surface area contributed by atoms with Crippen LogP contribution in [0.4, 0.5) is 39.7 Å². The second kappa shape index (κ2) is 10.6. The van der Waals surface area contributed by atoms with Gasteiger partial charge in [0.2, 0.25) is 5.95 Å². The lowest BCUT2D eigenvalue weighted by Crippen LogP contribution is -2.20. The Morgan fingerprint density at radius 2 is 1.70 bits per heavy atom. The predicted molar refractivity (Wildman–Crippen MR) is 136 cm³/mol. The molecule has 2 amide bonds. The van der Waals surface area contributed by atoms with Crippen molar-refractivity contribution in [1.82, 2.24) is 9.97 Å². The third-order valence-electron chi connectivity index (χ3n) is 4.82. The van der Waals surface area contributed by atoms with Gasteiger partial charge >= 0.3 is 12.2 Å². The molecule has 8 nitrogen and oxygen atoms in total. The molecule has 0 aliphatic heterocycles. The summed E-state index contributed by atoms with van der Waals surface area (Å²) in [6, 6.07) is 8.46. The highest BCUT2D eigenvalue weighted by Crippen LogP contribution is 2.30. The highest BCUT2D eigenvalue weighted by atomic mass is 19.4. The molecule has 0 aliphatic rings. The van der Waals surface area contributed by atoms with E-state index in [0.717, 1.165) is 30.3 Å². The van der Waals surface area contributed by atoms with E-state index >= 15 is 0 Å². The Labute approximate surface area is 210 Å². The number of alkyl halides is 3. The van der Waals surface area contributed by atoms with Crippen molar-refractivity contribution in [2.75, 3.05) is 16.4 Å². The average Bonchev–Trinajstić information content (AvgIpc) is 2.80. The van der Waals surface area contributed by atoms with Gasteiger partial charge < -0.3 is 22.1 Å². The van der Waals surface area contributed by atoms with Crippen LogP contribution in [0.5, 0.6) is 0 Å². The molecule has 3 aromatic rings. The van der Waals surface area contributed by atoms with Crippen molar-refractivity contribution < 1.29 is 22.4 Å². The van der Waals surface area contributed by atoms with Crippen molar-refractivity contribution in [3.63, 3.8) is 0 Å². The highest BCUT2D eigenvalue weighted by molar-refractivity contribution is 6.19. The average molecular weight is 516 g/mol. The van der Waals surface area contributed by atoms with Crippen LogP contribution < -0.4 is 22.1 Å². The number of amides is 2. The molecule has 0 saturated carbocycles. The molecule has 1 aromatic heterocycles. The van der Waals surface area contributed by atoms with Crippen molar-refractivity contribution in [3.8, 4) is 0 Å². The van der Waals surface area contributed by atoms with Gasteiger partial charge in [0.05, 0.1) is 28.2 Å². The van der Waals surface area contributed by atoms with Gasteiger partial charge in [-0.2, -0.15) is 13.2 Å². The molecule has 194 valence electrons. The van der Waals surface area contributed by atoms with Gasteiger partial charge in [-0.1, -0.05) is 6.07 Å². The first-order valence-electron chi connectivity index (χ1n) is 10.9. The number of aromatic nitrogens is 2. The number of rotatable bonds is 5. The number of nitrogens with one attached hydrogen (secondary N) is 2. The lowest BCUT2D eigenvalue weighted by Gasteiger charge is -2.15. The third kappa shape index (κ3) is 7.50. The lowest BCUT2D eigenvalue weighted by atomic mass is 10.0. The van der Waals surface area contributed by atoms with E-state index in [9.17, 15) is 22.4 Å². The smallest absolute Gasteiger partial charge is 0.396 e. The number of nitrogens with zero attached hydrogens (tertiary/aromatic N) is 3. The van der Waals surface area contributed by atoms with E-state index in [-0.39, 0.29) is 23.0 Å². The van der Waals surface area contributed by atoms with Crippen LogP contribution in [-0.2, 0) is 6.18 Å². The van der Waals surface area contributed by atoms with Gasteiger partial charge in [0.25, 0.3) is 0 Å². The molecular weight excluding hydrogens is 490 g/mol. The molecule has 0 atom stereocenters. The van der Waals surface area contributed by atoms with Crippen LogP contribution in [0, 0.1) is 5.82 Å². The quantitative estimate of drug-likeness (QED) is 0.261. The van der Waals surface area contributed by atoms with Gasteiger partial charge in [-0.3, -0.25) is 4.99 Å². The lowest BCUT2D eigenvalue weighted by molar-refractivity contribution is -0.137. The minimum Gasteiger partial charge on any atom is -0.396 e. The SMILES string of the molecule is CC(C)(C)N=CC(=C(N)c1ccnc(N)n1)c1ccc(F)c(NC(=O)Nc2ccc(C(F)(F)F)cc2)c1. The number of hydrogen-bond donors (Lipinski definition) is 4. The first-order chi connectivity index (χ1) is 17.2. The molecule has 0 aliphatic carbocycles.